The zero-order valence-corrected chi connectivity index (χ0v) is 14.9. The van der Waals surface area contributed by atoms with E-state index >= 15 is 0 Å². The Morgan fingerprint density at radius 1 is 1.35 bits per heavy atom. The second kappa shape index (κ2) is 7.36. The third-order valence-corrected chi connectivity index (χ3v) is 6.46. The molecule has 2 rings (SSSR count). The monoisotopic (exact) mass is 359 g/mol. The summed E-state index contributed by atoms with van der Waals surface area (Å²) in [6.45, 7) is 0. The largest absolute Gasteiger partial charge is 0.302 e. The molecule has 0 aliphatic heterocycles. The molecule has 1 saturated carbocycles. The van der Waals surface area contributed by atoms with Gasteiger partial charge < -0.3 is 4.90 Å². The number of likely N-dealkylation sites (N-methyl/N-ethyl adjacent to an activating group) is 1. The van der Waals surface area contributed by atoms with Gasteiger partial charge in [-0.15, -0.1) is 11.3 Å². The molecule has 1 fully saturated rings. The number of halogens is 1. The third-order valence-electron chi connectivity index (χ3n) is 4.74. The summed E-state index contributed by atoms with van der Waals surface area (Å²) in [5.41, 5.74) is 3.31. The Morgan fingerprint density at radius 2 is 2.00 bits per heavy atom. The summed E-state index contributed by atoms with van der Waals surface area (Å²) in [4.78, 5) is 3.80. The topological polar surface area (TPSA) is 41.3 Å². The molecule has 3 N–H and O–H groups in total. The maximum Gasteiger partial charge on any atom is 0.0442 e. The molecule has 1 aliphatic rings. The van der Waals surface area contributed by atoms with Crippen molar-refractivity contribution in [2.75, 3.05) is 14.1 Å². The molecule has 0 saturated heterocycles. The van der Waals surface area contributed by atoms with Crippen LogP contribution in [0.2, 0.25) is 0 Å². The Morgan fingerprint density at radius 3 is 2.45 bits per heavy atom. The van der Waals surface area contributed by atoms with Crippen LogP contribution in [0.25, 0.3) is 0 Å². The first kappa shape index (κ1) is 16.4. The van der Waals surface area contributed by atoms with Crippen LogP contribution in [0.4, 0.5) is 0 Å². The third kappa shape index (κ3) is 3.63. The van der Waals surface area contributed by atoms with E-state index in [1.54, 1.807) is 0 Å². The van der Waals surface area contributed by atoms with Gasteiger partial charge in [-0.1, -0.05) is 25.7 Å². The van der Waals surface area contributed by atoms with Crippen molar-refractivity contribution in [1.82, 2.24) is 10.3 Å². The number of hydrogen-bond acceptors (Lipinski definition) is 4. The van der Waals surface area contributed by atoms with Crippen molar-refractivity contribution in [2.24, 2.45) is 5.84 Å². The maximum absolute atomic E-state index is 5.95. The first-order valence-corrected chi connectivity index (χ1v) is 9.12. The molecule has 3 nitrogen and oxygen atoms in total. The van der Waals surface area contributed by atoms with E-state index in [2.05, 4.69) is 51.8 Å². The predicted octanol–water partition coefficient (Wildman–Crippen LogP) is 3.54. The van der Waals surface area contributed by atoms with E-state index in [9.17, 15) is 0 Å². The minimum Gasteiger partial charge on any atom is -0.302 e. The van der Waals surface area contributed by atoms with Gasteiger partial charge in [0.05, 0.1) is 0 Å². The lowest BCUT2D eigenvalue weighted by atomic mass is 9.80. The van der Waals surface area contributed by atoms with Gasteiger partial charge in [-0.2, -0.15) is 0 Å². The van der Waals surface area contributed by atoms with E-state index in [0.717, 1.165) is 6.42 Å². The molecular formula is C15H26BrN3S. The van der Waals surface area contributed by atoms with Crippen LogP contribution in [-0.2, 0) is 6.42 Å². The quantitative estimate of drug-likeness (QED) is 0.479. The van der Waals surface area contributed by atoms with Crippen LogP contribution in [0.3, 0.4) is 0 Å². The fourth-order valence-corrected chi connectivity index (χ4v) is 5.01. The number of thiophene rings is 1. The van der Waals surface area contributed by atoms with Gasteiger partial charge >= 0.3 is 0 Å². The Bertz CT molecular complexity index is 411. The highest BCUT2D eigenvalue weighted by Gasteiger charge is 2.40. The number of hydrazine groups is 1. The van der Waals surface area contributed by atoms with Gasteiger partial charge in [0.1, 0.15) is 0 Å². The fourth-order valence-electron chi connectivity index (χ4n) is 3.51. The van der Waals surface area contributed by atoms with Crippen LogP contribution >= 0.6 is 27.3 Å². The van der Waals surface area contributed by atoms with E-state index in [0.29, 0.717) is 6.04 Å². The Balaban J connectivity index is 2.19. The lowest BCUT2D eigenvalue weighted by Gasteiger charge is -2.45. The highest BCUT2D eigenvalue weighted by Crippen LogP contribution is 2.36. The van der Waals surface area contributed by atoms with Crippen molar-refractivity contribution in [3.05, 3.63) is 20.8 Å². The smallest absolute Gasteiger partial charge is 0.0442 e. The van der Waals surface area contributed by atoms with Crippen molar-refractivity contribution >= 4 is 27.3 Å². The zero-order chi connectivity index (χ0) is 14.6. The highest BCUT2D eigenvalue weighted by molar-refractivity contribution is 9.10. The van der Waals surface area contributed by atoms with Gasteiger partial charge in [-0.25, -0.2) is 0 Å². The molecule has 5 heteroatoms. The first-order valence-electron chi connectivity index (χ1n) is 7.45. The standard InChI is InChI=1S/C15H26BrN3S/c1-19(2)15(7-5-3-4-6-8-15)14(18-17)10-13-9-12(16)11-20-13/h9,11,14,18H,3-8,10,17H2,1-2H3. The SMILES string of the molecule is CN(C)C1(C(Cc2cc(Br)cs2)NN)CCCCCC1. The second-order valence-electron chi connectivity index (χ2n) is 6.07. The molecule has 1 unspecified atom stereocenters. The average Bonchev–Trinajstić information content (AvgIpc) is 2.68. The van der Waals surface area contributed by atoms with Crippen LogP contribution in [-0.4, -0.2) is 30.6 Å². The molecule has 0 bridgehead atoms. The summed E-state index contributed by atoms with van der Waals surface area (Å²) in [7, 11) is 4.42. The fraction of sp³-hybridized carbons (Fsp3) is 0.733. The summed E-state index contributed by atoms with van der Waals surface area (Å²) >= 11 is 5.36. The lowest BCUT2D eigenvalue weighted by Crippen LogP contribution is -2.61. The highest BCUT2D eigenvalue weighted by atomic mass is 79.9. The van der Waals surface area contributed by atoms with Crippen LogP contribution < -0.4 is 11.3 Å². The molecule has 0 radical (unpaired) electrons. The number of rotatable bonds is 5. The van der Waals surface area contributed by atoms with Gasteiger partial charge in [0.15, 0.2) is 0 Å². The Hall–Kier alpha value is 0.0600. The van der Waals surface area contributed by atoms with Crippen molar-refractivity contribution in [1.29, 1.82) is 0 Å². The first-order chi connectivity index (χ1) is 9.58. The maximum atomic E-state index is 5.95. The van der Waals surface area contributed by atoms with Gasteiger partial charge in [0.25, 0.3) is 0 Å². The average molecular weight is 360 g/mol. The summed E-state index contributed by atoms with van der Waals surface area (Å²) < 4.78 is 1.17. The molecule has 114 valence electrons. The van der Waals surface area contributed by atoms with E-state index in [4.69, 9.17) is 5.84 Å². The molecule has 1 heterocycles. The lowest BCUT2D eigenvalue weighted by molar-refractivity contribution is 0.0805. The minimum atomic E-state index is 0.182. The van der Waals surface area contributed by atoms with Crippen LogP contribution in [0.1, 0.15) is 43.4 Å². The van der Waals surface area contributed by atoms with E-state index in [1.165, 1.54) is 47.9 Å². The second-order valence-corrected chi connectivity index (χ2v) is 7.98. The molecule has 0 amide bonds. The molecule has 0 aromatic carbocycles. The Kier molecular flexibility index (Phi) is 6.05. The molecule has 1 aromatic rings. The van der Waals surface area contributed by atoms with Gasteiger partial charge in [-0.3, -0.25) is 11.3 Å². The van der Waals surface area contributed by atoms with Crippen LogP contribution in [0, 0.1) is 0 Å². The van der Waals surface area contributed by atoms with Crippen molar-refractivity contribution in [2.45, 2.75) is 56.5 Å². The van der Waals surface area contributed by atoms with Crippen LogP contribution in [0.15, 0.2) is 15.9 Å². The molecule has 1 aromatic heterocycles. The van der Waals surface area contributed by atoms with E-state index < -0.39 is 0 Å². The normalized spacial score (nSPS) is 20.9. The number of hydrogen-bond donors (Lipinski definition) is 2. The summed E-state index contributed by atoms with van der Waals surface area (Å²) in [6.07, 6.45) is 8.82. The molecular weight excluding hydrogens is 334 g/mol. The van der Waals surface area contributed by atoms with Gasteiger partial charge in [0.2, 0.25) is 0 Å². The van der Waals surface area contributed by atoms with Crippen molar-refractivity contribution < 1.29 is 0 Å². The van der Waals surface area contributed by atoms with Gasteiger partial charge in [-0.05, 0) is 48.9 Å². The zero-order valence-electron chi connectivity index (χ0n) is 12.5. The Labute approximate surface area is 135 Å². The molecule has 1 aliphatic carbocycles. The number of nitrogens with one attached hydrogen (secondary N) is 1. The van der Waals surface area contributed by atoms with Gasteiger partial charge in [0, 0.05) is 32.7 Å². The minimum absolute atomic E-state index is 0.182. The number of nitrogens with zero attached hydrogens (tertiary/aromatic N) is 1. The summed E-state index contributed by atoms with van der Waals surface area (Å²) in [6, 6.07) is 2.52. The molecule has 1 atom stereocenters. The number of nitrogens with two attached hydrogens (primary N) is 1. The van der Waals surface area contributed by atoms with Crippen molar-refractivity contribution in [3.8, 4) is 0 Å². The van der Waals surface area contributed by atoms with E-state index in [1.807, 2.05) is 11.3 Å². The molecule has 0 spiro atoms. The summed E-state index contributed by atoms with van der Waals surface area (Å²) in [5.74, 6) is 5.95. The predicted molar refractivity (Wildman–Crippen MR) is 91.0 cm³/mol. The van der Waals surface area contributed by atoms with Crippen LogP contribution in [0.5, 0.6) is 0 Å². The van der Waals surface area contributed by atoms with Crippen molar-refractivity contribution in [3.63, 3.8) is 0 Å². The summed E-state index contributed by atoms with van der Waals surface area (Å²) in [5, 5.41) is 2.15. The molecule has 20 heavy (non-hydrogen) atoms. The van der Waals surface area contributed by atoms with E-state index in [-0.39, 0.29) is 5.54 Å².